The number of carbonyl (C=O) groups excluding carboxylic acids is 3. The third-order valence-corrected chi connectivity index (χ3v) is 3.96. The number of hydrogen-bond acceptors (Lipinski definition) is 3. The van der Waals surface area contributed by atoms with E-state index in [1.807, 2.05) is 6.08 Å². The van der Waals surface area contributed by atoms with Gasteiger partial charge in [-0.2, -0.15) is 0 Å². The molecule has 6 nitrogen and oxygen atoms in total. The van der Waals surface area contributed by atoms with Crippen molar-refractivity contribution in [2.45, 2.75) is 6.42 Å². The van der Waals surface area contributed by atoms with Crippen molar-refractivity contribution < 1.29 is 18.8 Å². The maximum absolute atomic E-state index is 13.8. The molecule has 0 atom stereocenters. The number of amides is 4. The van der Waals surface area contributed by atoms with Crippen LogP contribution in [-0.4, -0.2) is 53.8 Å². The van der Waals surface area contributed by atoms with Gasteiger partial charge in [0, 0.05) is 31.6 Å². The van der Waals surface area contributed by atoms with Crippen molar-refractivity contribution in [3.05, 3.63) is 41.7 Å². The van der Waals surface area contributed by atoms with Crippen LogP contribution in [0.4, 0.5) is 9.18 Å². The largest absolute Gasteiger partial charge is 0.333 e. The van der Waals surface area contributed by atoms with E-state index in [1.165, 1.54) is 11.0 Å². The zero-order chi connectivity index (χ0) is 16.4. The molecule has 120 valence electrons. The molecule has 2 aliphatic heterocycles. The van der Waals surface area contributed by atoms with Gasteiger partial charge < -0.3 is 9.80 Å². The van der Waals surface area contributed by atoms with Gasteiger partial charge in [0.2, 0.25) is 11.8 Å². The Hall–Kier alpha value is -2.70. The Labute approximate surface area is 132 Å². The third-order valence-electron chi connectivity index (χ3n) is 3.96. The van der Waals surface area contributed by atoms with E-state index in [-0.39, 0.29) is 37.1 Å². The van der Waals surface area contributed by atoms with Crippen molar-refractivity contribution in [2.24, 2.45) is 0 Å². The summed E-state index contributed by atoms with van der Waals surface area (Å²) in [7, 11) is 0. The van der Waals surface area contributed by atoms with Gasteiger partial charge in [0.15, 0.2) is 0 Å². The molecule has 2 aliphatic rings. The second-order valence-electron chi connectivity index (χ2n) is 5.51. The Morgan fingerprint density at radius 3 is 2.78 bits per heavy atom. The lowest BCUT2D eigenvalue weighted by Gasteiger charge is -2.28. The number of imide groups is 1. The smallest absolute Gasteiger partial charge is 0.324 e. The third kappa shape index (κ3) is 3.23. The van der Waals surface area contributed by atoms with Gasteiger partial charge in [-0.1, -0.05) is 24.3 Å². The topological polar surface area (TPSA) is 69.7 Å². The summed E-state index contributed by atoms with van der Waals surface area (Å²) in [5.41, 5.74) is 1.25. The lowest BCUT2D eigenvalue weighted by molar-refractivity contribution is -0.131. The first-order valence-electron chi connectivity index (χ1n) is 7.35. The van der Waals surface area contributed by atoms with Crippen molar-refractivity contribution in [3.8, 4) is 0 Å². The first-order chi connectivity index (χ1) is 11.0. The van der Waals surface area contributed by atoms with Crippen LogP contribution in [0.15, 0.2) is 30.3 Å². The molecule has 0 aliphatic carbocycles. The molecule has 0 unspecified atom stereocenters. The van der Waals surface area contributed by atoms with Gasteiger partial charge in [-0.05, 0) is 11.6 Å². The number of nitrogens with zero attached hydrogens (tertiary/aromatic N) is 2. The van der Waals surface area contributed by atoms with Crippen molar-refractivity contribution in [2.75, 3.05) is 26.2 Å². The number of nitrogens with one attached hydrogen (secondary N) is 1. The SMILES string of the molecule is O=C1CCN(CC(=O)N2CC=C(c3ccccc3F)C2)C(=O)N1. The summed E-state index contributed by atoms with van der Waals surface area (Å²) < 4.78 is 13.8. The molecule has 0 saturated carbocycles. The molecule has 1 N–H and O–H groups in total. The molecule has 1 saturated heterocycles. The van der Waals surface area contributed by atoms with Gasteiger partial charge in [0.1, 0.15) is 12.4 Å². The Morgan fingerprint density at radius 2 is 2.04 bits per heavy atom. The van der Waals surface area contributed by atoms with Gasteiger partial charge in [0.05, 0.1) is 0 Å². The molecule has 1 aromatic carbocycles. The average molecular weight is 317 g/mol. The van der Waals surface area contributed by atoms with E-state index in [4.69, 9.17) is 0 Å². The first-order valence-corrected chi connectivity index (χ1v) is 7.35. The van der Waals surface area contributed by atoms with Gasteiger partial charge in [-0.25, -0.2) is 9.18 Å². The number of carbonyl (C=O) groups is 3. The summed E-state index contributed by atoms with van der Waals surface area (Å²) in [6.07, 6.45) is 2.01. The van der Waals surface area contributed by atoms with E-state index < -0.39 is 6.03 Å². The summed E-state index contributed by atoms with van der Waals surface area (Å²) in [4.78, 5) is 37.9. The molecule has 4 amide bonds. The van der Waals surface area contributed by atoms with Gasteiger partial charge in [0.25, 0.3) is 0 Å². The fourth-order valence-corrected chi connectivity index (χ4v) is 2.67. The number of benzene rings is 1. The molecule has 0 spiro atoms. The second-order valence-corrected chi connectivity index (χ2v) is 5.51. The van der Waals surface area contributed by atoms with Gasteiger partial charge in [-0.15, -0.1) is 0 Å². The highest BCUT2D eigenvalue weighted by atomic mass is 19.1. The standard InChI is InChI=1S/C16H16FN3O3/c17-13-4-2-1-3-12(13)11-5-7-19(9-11)15(22)10-20-8-6-14(21)18-16(20)23/h1-5H,6-10H2,(H,18,21,23). The monoisotopic (exact) mass is 317 g/mol. The summed E-state index contributed by atoms with van der Waals surface area (Å²) >= 11 is 0. The average Bonchev–Trinajstić information content (AvgIpc) is 3.00. The second kappa shape index (κ2) is 6.20. The first kappa shape index (κ1) is 15.2. The quantitative estimate of drug-likeness (QED) is 0.904. The predicted octanol–water partition coefficient (Wildman–Crippen LogP) is 0.993. The maximum Gasteiger partial charge on any atom is 0.324 e. The lowest BCUT2D eigenvalue weighted by atomic mass is 10.1. The molecular weight excluding hydrogens is 301 g/mol. The maximum atomic E-state index is 13.8. The van der Waals surface area contributed by atoms with E-state index in [0.29, 0.717) is 18.7 Å². The summed E-state index contributed by atoms with van der Waals surface area (Å²) in [5, 5.41) is 2.18. The molecule has 23 heavy (non-hydrogen) atoms. The molecule has 0 bridgehead atoms. The van der Waals surface area contributed by atoms with Crippen LogP contribution in [0, 0.1) is 5.82 Å². The lowest BCUT2D eigenvalue weighted by Crippen LogP contribution is -2.52. The highest BCUT2D eigenvalue weighted by Gasteiger charge is 2.28. The summed E-state index contributed by atoms with van der Waals surface area (Å²) in [5.74, 6) is -0.873. The van der Waals surface area contributed by atoms with Crippen LogP contribution in [0.3, 0.4) is 0 Å². The molecule has 0 radical (unpaired) electrons. The Bertz CT molecular complexity index is 702. The summed E-state index contributed by atoms with van der Waals surface area (Å²) in [6.45, 7) is 0.848. The van der Waals surface area contributed by atoms with Crippen molar-refractivity contribution in [3.63, 3.8) is 0 Å². The van der Waals surface area contributed by atoms with E-state index in [0.717, 1.165) is 5.57 Å². The van der Waals surface area contributed by atoms with Crippen LogP contribution in [0.2, 0.25) is 0 Å². The molecule has 1 fully saturated rings. The highest BCUT2D eigenvalue weighted by Crippen LogP contribution is 2.23. The molecule has 7 heteroatoms. The minimum Gasteiger partial charge on any atom is -0.333 e. The minimum atomic E-state index is -0.545. The fourth-order valence-electron chi connectivity index (χ4n) is 2.67. The van der Waals surface area contributed by atoms with Crippen LogP contribution in [0.25, 0.3) is 5.57 Å². The predicted molar refractivity (Wildman–Crippen MR) is 80.7 cm³/mol. The Balaban J connectivity index is 1.60. The molecular formula is C16H16FN3O3. The van der Waals surface area contributed by atoms with Crippen LogP contribution >= 0.6 is 0 Å². The number of urea groups is 1. The van der Waals surface area contributed by atoms with Crippen LogP contribution in [-0.2, 0) is 9.59 Å². The van der Waals surface area contributed by atoms with Gasteiger partial charge in [-0.3, -0.25) is 14.9 Å². The molecule has 2 heterocycles. The number of halogens is 1. The number of rotatable bonds is 3. The van der Waals surface area contributed by atoms with E-state index >= 15 is 0 Å². The van der Waals surface area contributed by atoms with E-state index in [1.54, 1.807) is 23.1 Å². The minimum absolute atomic E-state index is 0.0858. The number of hydrogen-bond donors (Lipinski definition) is 1. The molecule has 1 aromatic rings. The Kier molecular flexibility index (Phi) is 4.10. The normalized spacial score (nSPS) is 18.0. The fraction of sp³-hybridized carbons (Fsp3) is 0.312. The van der Waals surface area contributed by atoms with Crippen LogP contribution in [0.1, 0.15) is 12.0 Å². The zero-order valence-electron chi connectivity index (χ0n) is 12.4. The van der Waals surface area contributed by atoms with E-state index in [9.17, 15) is 18.8 Å². The molecule has 0 aromatic heterocycles. The van der Waals surface area contributed by atoms with Crippen molar-refractivity contribution >= 4 is 23.4 Å². The van der Waals surface area contributed by atoms with Crippen LogP contribution in [0.5, 0.6) is 0 Å². The van der Waals surface area contributed by atoms with Crippen molar-refractivity contribution in [1.82, 2.24) is 15.1 Å². The van der Waals surface area contributed by atoms with Gasteiger partial charge >= 0.3 is 6.03 Å². The molecule has 3 rings (SSSR count). The van der Waals surface area contributed by atoms with Crippen LogP contribution < -0.4 is 5.32 Å². The van der Waals surface area contributed by atoms with E-state index in [2.05, 4.69) is 5.32 Å². The summed E-state index contributed by atoms with van der Waals surface area (Å²) in [6, 6.07) is 5.89. The van der Waals surface area contributed by atoms with Crippen molar-refractivity contribution in [1.29, 1.82) is 0 Å². The zero-order valence-corrected chi connectivity index (χ0v) is 12.4. The highest BCUT2D eigenvalue weighted by molar-refractivity contribution is 5.98. The Morgan fingerprint density at radius 1 is 1.26 bits per heavy atom.